The van der Waals surface area contributed by atoms with Crippen LogP contribution in [-0.4, -0.2) is 48.5 Å². The number of carbonyl (C=O) groups excluding carboxylic acids is 1. The molecular weight excluding hydrogens is 350 g/mol. The second kappa shape index (κ2) is 7.74. The van der Waals surface area contributed by atoms with Crippen LogP contribution in [0.2, 0.25) is 0 Å². The first-order valence-corrected chi connectivity index (χ1v) is 8.12. The number of ether oxygens (including phenoxy) is 1. The van der Waals surface area contributed by atoms with E-state index in [1.807, 2.05) is 6.07 Å². The summed E-state index contributed by atoms with van der Waals surface area (Å²) in [5.74, 6) is -0.486. The van der Waals surface area contributed by atoms with E-state index in [-0.39, 0.29) is 11.7 Å². The normalized spacial score (nSPS) is 18.9. The first-order chi connectivity index (χ1) is 10.5. The molecule has 2 rings (SSSR count). The number of carboxylic acid groups (broad SMARTS) is 1. The zero-order chi connectivity index (χ0) is 16.1. The van der Waals surface area contributed by atoms with Gasteiger partial charge in [0, 0.05) is 24.0 Å². The van der Waals surface area contributed by atoms with Crippen molar-refractivity contribution in [1.82, 2.24) is 4.90 Å². The molecule has 1 saturated heterocycles. The maximum absolute atomic E-state index is 12.4. The predicted molar refractivity (Wildman–Crippen MR) is 86.4 cm³/mol. The number of halogens is 1. The third-order valence-electron chi connectivity index (χ3n) is 3.97. The minimum absolute atomic E-state index is 0.00981. The molecule has 1 N–H and O–H groups in total. The molecular formula is C16H20BrNO4. The van der Waals surface area contributed by atoms with Gasteiger partial charge in [0.2, 0.25) is 0 Å². The number of methoxy groups -OCH3 is 1. The third-order valence-corrected chi connectivity index (χ3v) is 4.47. The van der Waals surface area contributed by atoms with Crippen LogP contribution in [0.15, 0.2) is 22.7 Å². The molecule has 1 aromatic rings. The molecule has 5 nitrogen and oxygen atoms in total. The Balaban J connectivity index is 1.95. The Hall–Kier alpha value is -1.40. The Kier molecular flexibility index (Phi) is 5.97. The number of ketones is 1. The number of rotatable bonds is 6. The molecule has 1 aliphatic rings. The van der Waals surface area contributed by atoms with Gasteiger partial charge in [0.15, 0.2) is 5.78 Å². The highest BCUT2D eigenvalue weighted by molar-refractivity contribution is 9.10. The van der Waals surface area contributed by atoms with Crippen molar-refractivity contribution in [3.8, 4) is 5.75 Å². The summed E-state index contributed by atoms with van der Waals surface area (Å²) in [6.45, 7) is 1.96. The number of aliphatic carboxylic acids is 1. The Morgan fingerprint density at radius 2 is 2.23 bits per heavy atom. The second-order valence-corrected chi connectivity index (χ2v) is 6.41. The van der Waals surface area contributed by atoms with Gasteiger partial charge >= 0.3 is 5.97 Å². The number of benzene rings is 1. The topological polar surface area (TPSA) is 66.8 Å². The number of piperidine rings is 1. The zero-order valence-electron chi connectivity index (χ0n) is 12.5. The van der Waals surface area contributed by atoms with E-state index in [0.717, 1.165) is 23.9 Å². The van der Waals surface area contributed by atoms with Crippen LogP contribution in [0, 0.1) is 5.92 Å². The van der Waals surface area contributed by atoms with E-state index in [2.05, 4.69) is 20.8 Å². The zero-order valence-corrected chi connectivity index (χ0v) is 14.1. The lowest BCUT2D eigenvalue weighted by atomic mass is 9.98. The molecule has 1 aliphatic heterocycles. The van der Waals surface area contributed by atoms with Crippen LogP contribution >= 0.6 is 15.9 Å². The molecule has 120 valence electrons. The van der Waals surface area contributed by atoms with Crippen molar-refractivity contribution in [2.75, 3.05) is 26.7 Å². The number of nitrogens with zero attached hydrogens (tertiary/aromatic N) is 1. The van der Waals surface area contributed by atoms with Crippen LogP contribution in [0.1, 0.15) is 29.6 Å². The van der Waals surface area contributed by atoms with Crippen molar-refractivity contribution >= 4 is 27.7 Å². The van der Waals surface area contributed by atoms with E-state index in [4.69, 9.17) is 9.84 Å². The van der Waals surface area contributed by atoms with Crippen molar-refractivity contribution in [2.45, 2.75) is 19.3 Å². The monoisotopic (exact) mass is 369 g/mol. The molecule has 0 radical (unpaired) electrons. The molecule has 1 heterocycles. The summed E-state index contributed by atoms with van der Waals surface area (Å²) in [5, 5.41) is 9.09. The summed E-state index contributed by atoms with van der Waals surface area (Å²) in [7, 11) is 1.54. The van der Waals surface area contributed by atoms with Crippen molar-refractivity contribution in [3.63, 3.8) is 0 Å². The Morgan fingerprint density at radius 1 is 1.45 bits per heavy atom. The number of hydrogen-bond acceptors (Lipinski definition) is 4. The molecule has 0 saturated carbocycles. The van der Waals surface area contributed by atoms with Crippen LogP contribution in [-0.2, 0) is 4.79 Å². The number of hydrogen-bond donors (Lipinski definition) is 1. The number of Topliss-reactive ketones (excluding diaryl/α,β-unsaturated/α-hetero) is 1. The van der Waals surface area contributed by atoms with Crippen molar-refractivity contribution in [2.24, 2.45) is 5.92 Å². The lowest BCUT2D eigenvalue weighted by Crippen LogP contribution is -2.39. The quantitative estimate of drug-likeness (QED) is 0.780. The van der Waals surface area contributed by atoms with Crippen molar-refractivity contribution in [3.05, 3.63) is 28.2 Å². The summed E-state index contributed by atoms with van der Waals surface area (Å²) < 4.78 is 6.06. The summed E-state index contributed by atoms with van der Waals surface area (Å²) >= 11 is 3.36. The van der Waals surface area contributed by atoms with E-state index in [0.29, 0.717) is 30.8 Å². The second-order valence-electron chi connectivity index (χ2n) is 5.50. The highest BCUT2D eigenvalue weighted by Gasteiger charge is 2.25. The molecule has 0 aliphatic carbocycles. The van der Waals surface area contributed by atoms with E-state index < -0.39 is 5.97 Å². The van der Waals surface area contributed by atoms with Crippen molar-refractivity contribution in [1.29, 1.82) is 0 Å². The van der Waals surface area contributed by atoms with Crippen LogP contribution in [0.25, 0.3) is 0 Å². The largest absolute Gasteiger partial charge is 0.496 e. The number of likely N-dealkylation sites (tertiary alicyclic amines) is 1. The van der Waals surface area contributed by atoms with Crippen LogP contribution in [0.3, 0.4) is 0 Å². The van der Waals surface area contributed by atoms with Crippen LogP contribution in [0.5, 0.6) is 5.75 Å². The summed E-state index contributed by atoms with van der Waals surface area (Å²) in [6, 6.07) is 5.35. The van der Waals surface area contributed by atoms with E-state index in [9.17, 15) is 9.59 Å². The Bertz CT molecular complexity index is 561. The maximum Gasteiger partial charge on any atom is 0.307 e. The van der Waals surface area contributed by atoms with E-state index >= 15 is 0 Å². The van der Waals surface area contributed by atoms with Gasteiger partial charge in [0.05, 0.1) is 18.6 Å². The summed E-state index contributed by atoms with van der Waals surface area (Å²) in [4.78, 5) is 25.5. The lowest BCUT2D eigenvalue weighted by molar-refractivity contribution is -0.143. The van der Waals surface area contributed by atoms with Crippen LogP contribution in [0.4, 0.5) is 0 Å². The highest BCUT2D eigenvalue weighted by Crippen LogP contribution is 2.24. The average molecular weight is 370 g/mol. The van der Waals surface area contributed by atoms with Gasteiger partial charge in [-0.2, -0.15) is 0 Å². The molecule has 0 aromatic heterocycles. The first kappa shape index (κ1) is 17.0. The van der Waals surface area contributed by atoms with Crippen LogP contribution < -0.4 is 4.74 Å². The predicted octanol–water partition coefficient (Wildman–Crippen LogP) is 2.83. The molecule has 1 fully saturated rings. The standard InChI is InChI=1S/C16H20BrNO4/c1-22-15-5-4-12(17)9-13(15)14(19)6-8-18-7-2-3-11(10-18)16(20)21/h4-5,9,11H,2-3,6-8,10H2,1H3,(H,20,21). The molecule has 0 amide bonds. The molecule has 0 spiro atoms. The smallest absolute Gasteiger partial charge is 0.307 e. The minimum atomic E-state index is -0.746. The highest BCUT2D eigenvalue weighted by atomic mass is 79.9. The van der Waals surface area contributed by atoms with Gasteiger partial charge < -0.3 is 14.7 Å². The average Bonchev–Trinajstić information content (AvgIpc) is 2.52. The molecule has 22 heavy (non-hydrogen) atoms. The maximum atomic E-state index is 12.4. The molecule has 1 unspecified atom stereocenters. The SMILES string of the molecule is COc1ccc(Br)cc1C(=O)CCN1CCCC(C(=O)O)C1. The molecule has 6 heteroatoms. The number of carboxylic acids is 1. The van der Waals surface area contributed by atoms with Gasteiger partial charge in [0.25, 0.3) is 0 Å². The Labute approximate surface area is 138 Å². The molecule has 0 bridgehead atoms. The lowest BCUT2D eigenvalue weighted by Gasteiger charge is -2.30. The number of carbonyl (C=O) groups is 2. The van der Waals surface area contributed by atoms with Gasteiger partial charge in [-0.25, -0.2) is 0 Å². The Morgan fingerprint density at radius 3 is 2.91 bits per heavy atom. The van der Waals surface area contributed by atoms with Gasteiger partial charge in [-0.1, -0.05) is 15.9 Å². The van der Waals surface area contributed by atoms with Gasteiger partial charge in [0.1, 0.15) is 5.75 Å². The van der Waals surface area contributed by atoms with Gasteiger partial charge in [-0.05, 0) is 37.6 Å². The molecule has 1 atom stereocenters. The molecule has 1 aromatic carbocycles. The van der Waals surface area contributed by atoms with Gasteiger partial charge in [-0.3, -0.25) is 9.59 Å². The third kappa shape index (κ3) is 4.30. The summed E-state index contributed by atoms with van der Waals surface area (Å²) in [5.41, 5.74) is 0.559. The van der Waals surface area contributed by atoms with E-state index in [1.54, 1.807) is 19.2 Å². The minimum Gasteiger partial charge on any atom is -0.496 e. The fourth-order valence-electron chi connectivity index (χ4n) is 2.75. The van der Waals surface area contributed by atoms with Crippen molar-refractivity contribution < 1.29 is 19.4 Å². The fourth-order valence-corrected chi connectivity index (χ4v) is 3.11. The first-order valence-electron chi connectivity index (χ1n) is 7.33. The fraction of sp³-hybridized carbons (Fsp3) is 0.500. The van der Waals surface area contributed by atoms with Gasteiger partial charge in [-0.15, -0.1) is 0 Å². The van der Waals surface area contributed by atoms with E-state index in [1.165, 1.54) is 0 Å². The summed E-state index contributed by atoms with van der Waals surface area (Å²) in [6.07, 6.45) is 1.95.